The standard InChI is InChI=1S/C28H33N/c1-2-7-24(8-3-1)25-15-17-29(18-16-25)21-23-14-13-22(19-23)20-27-11-6-10-26-9-4-5-12-28(26)27/h1-12,22-23,25H,13-21H2. The van der Waals surface area contributed by atoms with Crippen molar-refractivity contribution < 1.29 is 0 Å². The summed E-state index contributed by atoms with van der Waals surface area (Å²) in [6, 6.07) is 26.9. The molecule has 0 N–H and O–H groups in total. The van der Waals surface area contributed by atoms with E-state index < -0.39 is 0 Å². The van der Waals surface area contributed by atoms with Gasteiger partial charge in [0.05, 0.1) is 0 Å². The molecule has 0 radical (unpaired) electrons. The summed E-state index contributed by atoms with van der Waals surface area (Å²) in [6.07, 6.45) is 8.17. The molecule has 0 spiro atoms. The van der Waals surface area contributed by atoms with Gasteiger partial charge in [0.2, 0.25) is 0 Å². The number of likely N-dealkylation sites (tertiary alicyclic amines) is 1. The van der Waals surface area contributed by atoms with Crippen molar-refractivity contribution in [1.82, 2.24) is 4.90 Å². The lowest BCUT2D eigenvalue weighted by Crippen LogP contribution is -2.36. The Hall–Kier alpha value is -2.12. The largest absolute Gasteiger partial charge is 0.303 e. The topological polar surface area (TPSA) is 3.24 Å². The summed E-state index contributed by atoms with van der Waals surface area (Å²) < 4.78 is 0. The van der Waals surface area contributed by atoms with Crippen LogP contribution in [0.3, 0.4) is 0 Å². The summed E-state index contributed by atoms with van der Waals surface area (Å²) in [5.74, 6) is 2.55. The van der Waals surface area contributed by atoms with E-state index in [0.717, 1.165) is 17.8 Å². The molecule has 2 atom stereocenters. The van der Waals surface area contributed by atoms with E-state index in [-0.39, 0.29) is 0 Å². The van der Waals surface area contributed by atoms with Crippen LogP contribution in [0.1, 0.15) is 49.1 Å². The molecule has 1 nitrogen and oxygen atoms in total. The summed E-state index contributed by atoms with van der Waals surface area (Å²) in [4.78, 5) is 2.75. The predicted molar refractivity (Wildman–Crippen MR) is 123 cm³/mol. The van der Waals surface area contributed by atoms with E-state index in [0.29, 0.717) is 0 Å². The summed E-state index contributed by atoms with van der Waals surface area (Å²) >= 11 is 0. The zero-order valence-corrected chi connectivity index (χ0v) is 17.5. The maximum atomic E-state index is 2.75. The maximum Gasteiger partial charge on any atom is 0.000977 e. The molecule has 2 fully saturated rings. The quantitative estimate of drug-likeness (QED) is 0.475. The van der Waals surface area contributed by atoms with Crippen LogP contribution in [0, 0.1) is 11.8 Å². The Labute approximate surface area is 175 Å². The molecule has 0 aromatic heterocycles. The molecule has 1 saturated carbocycles. The Morgan fingerprint density at radius 2 is 1.41 bits per heavy atom. The molecule has 1 aliphatic carbocycles. The lowest BCUT2D eigenvalue weighted by atomic mass is 9.89. The van der Waals surface area contributed by atoms with Crippen LogP contribution < -0.4 is 0 Å². The Morgan fingerprint density at radius 3 is 2.28 bits per heavy atom. The Balaban J connectivity index is 1.13. The van der Waals surface area contributed by atoms with Crippen LogP contribution in [0.5, 0.6) is 0 Å². The van der Waals surface area contributed by atoms with E-state index >= 15 is 0 Å². The summed E-state index contributed by atoms with van der Waals surface area (Å²) in [5, 5.41) is 2.85. The first-order valence-corrected chi connectivity index (χ1v) is 11.6. The minimum atomic E-state index is 0.773. The molecule has 3 aromatic carbocycles. The summed E-state index contributed by atoms with van der Waals surface area (Å²) in [7, 11) is 0. The lowest BCUT2D eigenvalue weighted by Gasteiger charge is -2.33. The van der Waals surface area contributed by atoms with Crippen molar-refractivity contribution in [3.8, 4) is 0 Å². The van der Waals surface area contributed by atoms with Gasteiger partial charge in [0.25, 0.3) is 0 Å². The molecule has 2 aliphatic rings. The molecule has 3 aromatic rings. The van der Waals surface area contributed by atoms with Crippen LogP contribution in [0.2, 0.25) is 0 Å². The minimum Gasteiger partial charge on any atom is -0.303 e. The second kappa shape index (κ2) is 8.71. The third-order valence-corrected chi connectivity index (χ3v) is 7.41. The highest BCUT2D eigenvalue weighted by molar-refractivity contribution is 5.85. The van der Waals surface area contributed by atoms with Crippen molar-refractivity contribution in [3.05, 3.63) is 83.9 Å². The first-order valence-electron chi connectivity index (χ1n) is 11.6. The fourth-order valence-electron chi connectivity index (χ4n) is 5.85. The highest BCUT2D eigenvalue weighted by atomic mass is 15.1. The third kappa shape index (κ3) is 4.41. The van der Waals surface area contributed by atoms with Crippen LogP contribution in [-0.4, -0.2) is 24.5 Å². The SMILES string of the molecule is c1ccc(C2CCN(CC3CCC(Cc4cccc5ccccc45)C3)CC2)cc1. The van der Waals surface area contributed by atoms with E-state index in [1.165, 1.54) is 68.9 Å². The molecule has 5 rings (SSSR count). The number of hydrogen-bond acceptors (Lipinski definition) is 1. The van der Waals surface area contributed by atoms with E-state index in [1.807, 2.05) is 0 Å². The van der Waals surface area contributed by atoms with Gasteiger partial charge in [-0.05, 0) is 91.3 Å². The molecule has 0 bridgehead atoms. The van der Waals surface area contributed by atoms with Gasteiger partial charge in [0.15, 0.2) is 0 Å². The van der Waals surface area contributed by atoms with Crippen LogP contribution in [0.4, 0.5) is 0 Å². The number of hydrogen-bond donors (Lipinski definition) is 0. The number of benzene rings is 3. The molecular weight excluding hydrogens is 350 g/mol. The van der Waals surface area contributed by atoms with E-state index in [9.17, 15) is 0 Å². The van der Waals surface area contributed by atoms with Crippen molar-refractivity contribution in [3.63, 3.8) is 0 Å². The van der Waals surface area contributed by atoms with Crippen molar-refractivity contribution in [2.75, 3.05) is 19.6 Å². The molecular formula is C28H33N. The molecule has 0 amide bonds. The fourth-order valence-corrected chi connectivity index (χ4v) is 5.85. The number of rotatable bonds is 5. The van der Waals surface area contributed by atoms with Gasteiger partial charge in [-0.1, -0.05) is 72.8 Å². The van der Waals surface area contributed by atoms with Crippen molar-refractivity contribution in [1.29, 1.82) is 0 Å². The van der Waals surface area contributed by atoms with Crippen molar-refractivity contribution in [2.24, 2.45) is 11.8 Å². The smallest absolute Gasteiger partial charge is 0.000977 e. The lowest BCUT2D eigenvalue weighted by molar-refractivity contribution is 0.182. The molecule has 1 aliphatic heterocycles. The zero-order chi connectivity index (χ0) is 19.5. The van der Waals surface area contributed by atoms with Gasteiger partial charge < -0.3 is 4.90 Å². The van der Waals surface area contributed by atoms with Gasteiger partial charge in [-0.2, -0.15) is 0 Å². The number of nitrogens with zero attached hydrogens (tertiary/aromatic N) is 1. The molecule has 150 valence electrons. The monoisotopic (exact) mass is 383 g/mol. The zero-order valence-electron chi connectivity index (χ0n) is 17.5. The van der Waals surface area contributed by atoms with Crippen molar-refractivity contribution in [2.45, 2.75) is 44.4 Å². The number of piperidine rings is 1. The van der Waals surface area contributed by atoms with Crippen LogP contribution in [0.15, 0.2) is 72.8 Å². The fraction of sp³-hybridized carbons (Fsp3) is 0.429. The molecule has 29 heavy (non-hydrogen) atoms. The van der Waals surface area contributed by atoms with Gasteiger partial charge in [0.1, 0.15) is 0 Å². The van der Waals surface area contributed by atoms with Gasteiger partial charge in [-0.15, -0.1) is 0 Å². The average molecular weight is 384 g/mol. The Bertz CT molecular complexity index is 918. The highest BCUT2D eigenvalue weighted by Crippen LogP contribution is 2.36. The van der Waals surface area contributed by atoms with Crippen LogP contribution in [-0.2, 0) is 6.42 Å². The minimum absolute atomic E-state index is 0.773. The first kappa shape index (κ1) is 18.9. The average Bonchev–Trinajstić information content (AvgIpc) is 3.22. The van der Waals surface area contributed by atoms with E-state index in [1.54, 1.807) is 11.1 Å². The van der Waals surface area contributed by atoms with Crippen LogP contribution >= 0.6 is 0 Å². The van der Waals surface area contributed by atoms with Gasteiger partial charge in [-0.3, -0.25) is 0 Å². The van der Waals surface area contributed by atoms with Crippen molar-refractivity contribution >= 4 is 10.8 Å². The normalized spacial score (nSPS) is 23.6. The Morgan fingerprint density at radius 1 is 0.690 bits per heavy atom. The van der Waals surface area contributed by atoms with Gasteiger partial charge >= 0.3 is 0 Å². The predicted octanol–water partition coefficient (Wildman–Crippen LogP) is 6.68. The molecule has 1 heteroatoms. The maximum absolute atomic E-state index is 2.75. The first-order chi connectivity index (χ1) is 14.3. The third-order valence-electron chi connectivity index (χ3n) is 7.41. The van der Waals surface area contributed by atoms with Gasteiger partial charge in [0, 0.05) is 6.54 Å². The molecule has 1 saturated heterocycles. The highest BCUT2D eigenvalue weighted by Gasteiger charge is 2.28. The van der Waals surface area contributed by atoms with E-state index in [4.69, 9.17) is 0 Å². The summed E-state index contributed by atoms with van der Waals surface area (Å²) in [6.45, 7) is 3.89. The van der Waals surface area contributed by atoms with E-state index in [2.05, 4.69) is 77.7 Å². The summed E-state index contributed by atoms with van der Waals surface area (Å²) in [5.41, 5.74) is 3.10. The molecule has 1 heterocycles. The van der Waals surface area contributed by atoms with Gasteiger partial charge in [-0.25, -0.2) is 0 Å². The van der Waals surface area contributed by atoms with Crippen LogP contribution in [0.25, 0.3) is 10.8 Å². The Kier molecular flexibility index (Phi) is 5.67. The second-order valence-corrected chi connectivity index (χ2v) is 9.37. The number of fused-ring (bicyclic) bond motifs is 1. The molecule has 2 unspecified atom stereocenters. The second-order valence-electron chi connectivity index (χ2n) is 9.37.